The van der Waals surface area contributed by atoms with E-state index in [0.29, 0.717) is 0 Å². The Morgan fingerprint density at radius 1 is 0.957 bits per heavy atom. The van der Waals surface area contributed by atoms with Crippen molar-refractivity contribution >= 4 is 5.97 Å². The molecule has 1 N–H and O–H groups in total. The SMILES string of the molecule is CCCCCCCCCCCCc1ccc(C(=O)OC)c(O)c1. The number of methoxy groups -OCH3 is 1. The number of phenolic OH excluding ortho intramolecular Hbond substituents is 1. The maximum absolute atomic E-state index is 11.4. The number of carbonyl (C=O) groups excluding carboxylic acids is 1. The summed E-state index contributed by atoms with van der Waals surface area (Å²) in [6, 6.07) is 5.23. The minimum atomic E-state index is -0.493. The summed E-state index contributed by atoms with van der Waals surface area (Å²) in [5.41, 5.74) is 1.31. The lowest BCUT2D eigenvalue weighted by molar-refractivity contribution is 0.0597. The van der Waals surface area contributed by atoms with Crippen molar-refractivity contribution < 1.29 is 14.6 Å². The Balaban J connectivity index is 2.12. The van der Waals surface area contributed by atoms with Crippen molar-refractivity contribution in [1.29, 1.82) is 0 Å². The highest BCUT2D eigenvalue weighted by atomic mass is 16.5. The van der Waals surface area contributed by atoms with Gasteiger partial charge in [0.05, 0.1) is 7.11 Å². The van der Waals surface area contributed by atoms with E-state index in [0.717, 1.165) is 18.4 Å². The number of rotatable bonds is 12. The van der Waals surface area contributed by atoms with Gasteiger partial charge in [0.25, 0.3) is 0 Å². The lowest BCUT2D eigenvalue weighted by Crippen LogP contribution is -2.01. The standard InChI is InChI=1S/C20H32O3/c1-3-4-5-6-7-8-9-10-11-12-13-17-14-15-18(19(21)16-17)20(22)23-2/h14-16,21H,3-13H2,1-2H3. The van der Waals surface area contributed by atoms with E-state index < -0.39 is 5.97 Å². The molecule has 0 saturated heterocycles. The molecular weight excluding hydrogens is 288 g/mol. The second-order valence-corrected chi connectivity index (χ2v) is 6.28. The molecular formula is C20H32O3. The number of hydrogen-bond acceptors (Lipinski definition) is 3. The molecule has 0 saturated carbocycles. The summed E-state index contributed by atoms with van der Waals surface area (Å²) in [4.78, 5) is 11.4. The van der Waals surface area contributed by atoms with Gasteiger partial charge in [-0.05, 0) is 30.5 Å². The first kappa shape index (κ1) is 19.5. The lowest BCUT2D eigenvalue weighted by Gasteiger charge is -2.06. The van der Waals surface area contributed by atoms with E-state index >= 15 is 0 Å². The maximum Gasteiger partial charge on any atom is 0.341 e. The molecule has 0 aliphatic heterocycles. The number of phenols is 1. The topological polar surface area (TPSA) is 46.5 Å². The number of carbonyl (C=O) groups is 1. The summed E-state index contributed by atoms with van der Waals surface area (Å²) in [6.07, 6.45) is 14.1. The number of benzene rings is 1. The fourth-order valence-electron chi connectivity index (χ4n) is 2.83. The largest absolute Gasteiger partial charge is 0.507 e. The lowest BCUT2D eigenvalue weighted by atomic mass is 10.0. The van der Waals surface area contributed by atoms with Gasteiger partial charge in [0, 0.05) is 0 Å². The fourth-order valence-corrected chi connectivity index (χ4v) is 2.83. The number of ether oxygens (including phenoxy) is 1. The van der Waals surface area contributed by atoms with Crippen molar-refractivity contribution in [3.8, 4) is 5.75 Å². The molecule has 0 aromatic heterocycles. The van der Waals surface area contributed by atoms with E-state index in [2.05, 4.69) is 11.7 Å². The van der Waals surface area contributed by atoms with Crippen LogP contribution in [0.2, 0.25) is 0 Å². The second-order valence-electron chi connectivity index (χ2n) is 6.28. The quantitative estimate of drug-likeness (QED) is 0.400. The first-order valence-corrected chi connectivity index (χ1v) is 9.09. The molecule has 0 fully saturated rings. The van der Waals surface area contributed by atoms with Gasteiger partial charge >= 0.3 is 5.97 Å². The molecule has 0 atom stereocenters. The van der Waals surface area contributed by atoms with Crippen LogP contribution in [0.15, 0.2) is 18.2 Å². The molecule has 0 amide bonds. The first-order valence-electron chi connectivity index (χ1n) is 9.09. The van der Waals surface area contributed by atoms with Gasteiger partial charge in [0.2, 0.25) is 0 Å². The summed E-state index contributed by atoms with van der Waals surface area (Å²) >= 11 is 0. The first-order chi connectivity index (χ1) is 11.2. The minimum Gasteiger partial charge on any atom is -0.507 e. The molecule has 130 valence electrons. The highest BCUT2D eigenvalue weighted by molar-refractivity contribution is 5.92. The zero-order valence-electron chi connectivity index (χ0n) is 14.8. The van der Waals surface area contributed by atoms with Gasteiger partial charge in [-0.25, -0.2) is 4.79 Å². The molecule has 1 rings (SSSR count). The Kier molecular flexibility index (Phi) is 10.2. The predicted molar refractivity (Wildman–Crippen MR) is 95.0 cm³/mol. The third kappa shape index (κ3) is 8.06. The van der Waals surface area contributed by atoms with Crippen LogP contribution in [0, 0.1) is 0 Å². The Labute approximate surface area is 141 Å². The van der Waals surface area contributed by atoms with Crippen molar-refractivity contribution in [2.24, 2.45) is 0 Å². The molecule has 23 heavy (non-hydrogen) atoms. The molecule has 0 spiro atoms. The van der Waals surface area contributed by atoms with Crippen molar-refractivity contribution in [2.45, 2.75) is 77.6 Å². The van der Waals surface area contributed by atoms with E-state index in [1.165, 1.54) is 64.9 Å². The number of aryl methyl sites for hydroxylation is 1. The van der Waals surface area contributed by atoms with E-state index in [4.69, 9.17) is 0 Å². The van der Waals surface area contributed by atoms with E-state index in [-0.39, 0.29) is 11.3 Å². The Bertz CT molecular complexity index is 454. The number of esters is 1. The molecule has 0 radical (unpaired) electrons. The van der Waals surface area contributed by atoms with Gasteiger partial charge in [-0.15, -0.1) is 0 Å². The van der Waals surface area contributed by atoms with Crippen LogP contribution in [0.3, 0.4) is 0 Å². The van der Waals surface area contributed by atoms with Gasteiger partial charge in [0.1, 0.15) is 11.3 Å². The summed E-state index contributed by atoms with van der Waals surface area (Å²) < 4.78 is 4.62. The average molecular weight is 320 g/mol. The van der Waals surface area contributed by atoms with Gasteiger partial charge in [-0.3, -0.25) is 0 Å². The highest BCUT2D eigenvalue weighted by Crippen LogP contribution is 2.21. The number of hydrogen-bond donors (Lipinski definition) is 1. The third-order valence-electron chi connectivity index (χ3n) is 4.29. The zero-order chi connectivity index (χ0) is 16.9. The third-order valence-corrected chi connectivity index (χ3v) is 4.29. The van der Waals surface area contributed by atoms with E-state index in [9.17, 15) is 9.90 Å². The molecule has 1 aromatic carbocycles. The molecule has 0 heterocycles. The molecule has 1 aromatic rings. The van der Waals surface area contributed by atoms with Gasteiger partial charge < -0.3 is 9.84 Å². The number of aromatic hydroxyl groups is 1. The van der Waals surface area contributed by atoms with Crippen LogP contribution < -0.4 is 0 Å². The second kappa shape index (κ2) is 12.0. The van der Waals surface area contributed by atoms with Gasteiger partial charge in [-0.1, -0.05) is 70.8 Å². The Hall–Kier alpha value is -1.51. The average Bonchev–Trinajstić information content (AvgIpc) is 2.56. The van der Waals surface area contributed by atoms with E-state index in [1.807, 2.05) is 6.07 Å². The van der Waals surface area contributed by atoms with Crippen LogP contribution in [0.5, 0.6) is 5.75 Å². The smallest absolute Gasteiger partial charge is 0.341 e. The summed E-state index contributed by atoms with van der Waals surface area (Å²) in [5.74, 6) is -0.477. The van der Waals surface area contributed by atoms with Crippen LogP contribution in [0.25, 0.3) is 0 Å². The Morgan fingerprint density at radius 2 is 1.52 bits per heavy atom. The number of unbranched alkanes of at least 4 members (excludes halogenated alkanes) is 9. The van der Waals surface area contributed by atoms with Crippen molar-refractivity contribution in [2.75, 3.05) is 7.11 Å². The van der Waals surface area contributed by atoms with Crippen LogP contribution >= 0.6 is 0 Å². The van der Waals surface area contributed by atoms with Crippen molar-refractivity contribution in [3.05, 3.63) is 29.3 Å². The monoisotopic (exact) mass is 320 g/mol. The Morgan fingerprint density at radius 3 is 2.04 bits per heavy atom. The van der Waals surface area contributed by atoms with Crippen LogP contribution in [0.1, 0.15) is 87.1 Å². The summed E-state index contributed by atoms with van der Waals surface area (Å²) in [5, 5.41) is 9.85. The van der Waals surface area contributed by atoms with Gasteiger partial charge in [0.15, 0.2) is 0 Å². The predicted octanol–water partition coefficient (Wildman–Crippen LogP) is 5.64. The van der Waals surface area contributed by atoms with Gasteiger partial charge in [-0.2, -0.15) is 0 Å². The van der Waals surface area contributed by atoms with Crippen LogP contribution in [-0.2, 0) is 11.2 Å². The molecule has 3 heteroatoms. The zero-order valence-corrected chi connectivity index (χ0v) is 14.8. The van der Waals surface area contributed by atoms with Crippen molar-refractivity contribution in [3.63, 3.8) is 0 Å². The van der Waals surface area contributed by atoms with Crippen molar-refractivity contribution in [1.82, 2.24) is 0 Å². The normalized spacial score (nSPS) is 10.7. The minimum absolute atomic E-state index is 0.0152. The van der Waals surface area contributed by atoms with Crippen LogP contribution in [0.4, 0.5) is 0 Å². The summed E-state index contributed by atoms with van der Waals surface area (Å²) in [6.45, 7) is 2.25. The molecule has 0 aliphatic rings. The molecule has 0 unspecified atom stereocenters. The molecule has 0 bridgehead atoms. The maximum atomic E-state index is 11.4. The fraction of sp³-hybridized carbons (Fsp3) is 0.650. The summed E-state index contributed by atoms with van der Waals surface area (Å²) in [7, 11) is 1.32. The van der Waals surface area contributed by atoms with E-state index in [1.54, 1.807) is 12.1 Å². The van der Waals surface area contributed by atoms with Crippen LogP contribution in [-0.4, -0.2) is 18.2 Å². The molecule has 0 aliphatic carbocycles. The highest BCUT2D eigenvalue weighted by Gasteiger charge is 2.11. The molecule has 3 nitrogen and oxygen atoms in total.